The molecular weight excluding hydrogens is 348 g/mol. The Morgan fingerprint density at radius 2 is 2.00 bits per heavy atom. The molecule has 28 heavy (non-hydrogen) atoms. The van der Waals surface area contributed by atoms with Crippen molar-refractivity contribution in [2.45, 2.75) is 45.2 Å². The fourth-order valence-electron chi connectivity index (χ4n) is 5.86. The molecule has 144 valence electrons. The minimum absolute atomic E-state index is 0.249. The molecule has 1 saturated heterocycles. The zero-order valence-electron chi connectivity index (χ0n) is 16.3. The van der Waals surface area contributed by atoms with Crippen molar-refractivity contribution < 1.29 is 9.52 Å². The molecule has 4 nitrogen and oxygen atoms in total. The third kappa shape index (κ3) is 2.87. The van der Waals surface area contributed by atoms with Gasteiger partial charge in [0.05, 0.1) is 0 Å². The van der Waals surface area contributed by atoms with Crippen molar-refractivity contribution in [3.8, 4) is 0 Å². The number of aromatic nitrogens is 1. The van der Waals surface area contributed by atoms with Crippen molar-refractivity contribution in [3.63, 3.8) is 0 Å². The summed E-state index contributed by atoms with van der Waals surface area (Å²) in [6.45, 7) is 3.46. The van der Waals surface area contributed by atoms with E-state index >= 15 is 0 Å². The summed E-state index contributed by atoms with van der Waals surface area (Å²) in [5.41, 5.74) is 6.27. The molecule has 0 unspecified atom stereocenters. The minimum Gasteiger partial charge on any atom is -0.619 e. The molecule has 3 atom stereocenters. The molecule has 5 rings (SSSR count). The maximum atomic E-state index is 12.2. The number of carbonyl (C=O) groups is 1. The fourth-order valence-corrected chi connectivity index (χ4v) is 5.86. The van der Waals surface area contributed by atoms with Gasteiger partial charge >= 0.3 is 0 Å². The number of hydrogen-bond acceptors (Lipinski definition) is 3. The smallest absolute Gasteiger partial charge is 0.183 e. The Kier molecular flexibility index (Phi) is 4.31. The van der Waals surface area contributed by atoms with E-state index in [2.05, 4.69) is 35.2 Å². The summed E-state index contributed by atoms with van der Waals surface area (Å²) in [6, 6.07) is 12.9. The van der Waals surface area contributed by atoms with Gasteiger partial charge in [0.25, 0.3) is 0 Å². The van der Waals surface area contributed by atoms with Gasteiger partial charge < -0.3 is 5.21 Å². The first-order chi connectivity index (χ1) is 13.6. The third-order valence-corrected chi connectivity index (χ3v) is 7.00. The van der Waals surface area contributed by atoms with Crippen LogP contribution in [0, 0.1) is 17.0 Å². The zero-order chi connectivity index (χ0) is 19.3. The van der Waals surface area contributed by atoms with Gasteiger partial charge in [-0.3, -0.25) is 9.69 Å². The summed E-state index contributed by atoms with van der Waals surface area (Å²) < 4.78 is 0.929. The Morgan fingerprint density at radius 1 is 1.18 bits per heavy atom. The fraction of sp³-hybridized carbons (Fsp3) is 0.417. The molecule has 0 bridgehead atoms. The molecule has 0 saturated carbocycles. The second-order valence-corrected chi connectivity index (χ2v) is 8.53. The molecule has 4 heteroatoms. The van der Waals surface area contributed by atoms with E-state index in [1.807, 2.05) is 6.07 Å². The summed E-state index contributed by atoms with van der Waals surface area (Å²) in [7, 11) is 0. The highest BCUT2D eigenvalue weighted by Gasteiger charge is 2.47. The number of pyridine rings is 1. The third-order valence-electron chi connectivity index (χ3n) is 7.00. The van der Waals surface area contributed by atoms with Crippen molar-refractivity contribution in [3.05, 3.63) is 81.8 Å². The van der Waals surface area contributed by atoms with E-state index in [-0.39, 0.29) is 5.78 Å². The van der Waals surface area contributed by atoms with Crippen LogP contribution >= 0.6 is 0 Å². The maximum absolute atomic E-state index is 12.2. The molecule has 1 fully saturated rings. The second kappa shape index (κ2) is 6.85. The molecule has 2 heterocycles. The average molecular weight is 374 g/mol. The topological polar surface area (TPSA) is 47.2 Å². The van der Waals surface area contributed by atoms with Crippen molar-refractivity contribution in [2.75, 3.05) is 6.54 Å². The van der Waals surface area contributed by atoms with E-state index in [1.165, 1.54) is 22.3 Å². The number of likely N-dealkylation sites (tertiary alicyclic amines) is 1. The number of allylic oxidation sites excluding steroid dienone is 1. The number of carbonyl (C=O) groups excluding carboxylic acids is 1. The van der Waals surface area contributed by atoms with Crippen LogP contribution in [0.15, 0.2) is 59.9 Å². The Morgan fingerprint density at radius 3 is 2.79 bits per heavy atom. The monoisotopic (exact) mass is 374 g/mol. The number of rotatable bonds is 3. The quantitative estimate of drug-likeness (QED) is 0.607. The molecule has 2 aromatic rings. The van der Waals surface area contributed by atoms with Gasteiger partial charge in [0.1, 0.15) is 0 Å². The molecule has 1 aromatic carbocycles. The van der Waals surface area contributed by atoms with Crippen LogP contribution in [0.25, 0.3) is 0 Å². The first kappa shape index (κ1) is 17.6. The summed E-state index contributed by atoms with van der Waals surface area (Å²) in [5, 5.41) is 11.8. The molecule has 0 radical (unpaired) electrons. The van der Waals surface area contributed by atoms with Gasteiger partial charge in [0, 0.05) is 30.8 Å². The standard InChI is InChI=1S/C24H26N2O2/c1-16(27)19-9-10-21-22-8-7-18-14-26(28)12-11-20(18)24(22)25(15-23(19)21)13-17-5-3-2-4-6-17/h2-6,11-12,14,21-22,24H,7-10,13,15H2,1H3/t21-,22-,24+/m0/s1. The van der Waals surface area contributed by atoms with E-state index in [4.69, 9.17) is 0 Å². The number of nitrogens with zero attached hydrogens (tertiary/aromatic N) is 2. The number of fused-ring (bicyclic) bond motifs is 5. The van der Waals surface area contributed by atoms with E-state index in [0.717, 1.165) is 49.1 Å². The van der Waals surface area contributed by atoms with Crippen molar-refractivity contribution in [2.24, 2.45) is 11.8 Å². The predicted molar refractivity (Wildman–Crippen MR) is 107 cm³/mol. The first-order valence-corrected chi connectivity index (χ1v) is 10.3. The SMILES string of the molecule is CC(=O)C1=C2CN(Cc3ccccc3)[C@@H]3c4cc[n+]([O-])cc4CC[C@H]3[C@@H]2CC1. The van der Waals surface area contributed by atoms with Crippen molar-refractivity contribution >= 4 is 5.78 Å². The number of hydrogen-bond donors (Lipinski definition) is 0. The molecule has 0 spiro atoms. The number of benzene rings is 1. The van der Waals surface area contributed by atoms with E-state index in [9.17, 15) is 10.0 Å². The van der Waals surface area contributed by atoms with Crippen molar-refractivity contribution in [1.29, 1.82) is 0 Å². The van der Waals surface area contributed by atoms with Gasteiger partial charge in [-0.1, -0.05) is 30.3 Å². The molecule has 0 amide bonds. The summed E-state index contributed by atoms with van der Waals surface area (Å²) >= 11 is 0. The van der Waals surface area contributed by atoms with Crippen LogP contribution in [-0.2, 0) is 17.8 Å². The van der Waals surface area contributed by atoms with Crippen molar-refractivity contribution in [1.82, 2.24) is 4.90 Å². The number of piperidine rings is 1. The first-order valence-electron chi connectivity index (χ1n) is 10.3. The van der Waals surface area contributed by atoms with Gasteiger partial charge in [-0.15, -0.1) is 0 Å². The molecular formula is C24H26N2O2. The van der Waals surface area contributed by atoms with E-state index < -0.39 is 0 Å². The normalized spacial score (nSPS) is 26.5. The highest BCUT2D eigenvalue weighted by molar-refractivity contribution is 5.94. The lowest BCUT2D eigenvalue weighted by atomic mass is 9.68. The Bertz CT molecular complexity index is 950. The summed E-state index contributed by atoms with van der Waals surface area (Å²) in [4.78, 5) is 14.8. The lowest BCUT2D eigenvalue weighted by molar-refractivity contribution is -0.606. The average Bonchev–Trinajstić information content (AvgIpc) is 3.12. The lowest BCUT2D eigenvalue weighted by Gasteiger charge is -2.49. The Hall–Kier alpha value is -2.46. The van der Waals surface area contributed by atoms with Gasteiger partial charge in [-0.2, -0.15) is 4.73 Å². The van der Waals surface area contributed by atoms with Crippen LogP contribution in [0.1, 0.15) is 48.9 Å². The number of ketones is 1. The summed E-state index contributed by atoms with van der Waals surface area (Å²) in [6.07, 6.45) is 7.48. The minimum atomic E-state index is 0.249. The number of aryl methyl sites for hydroxylation is 1. The van der Waals surface area contributed by atoms with Crippen LogP contribution < -0.4 is 4.73 Å². The molecule has 1 aromatic heterocycles. The van der Waals surface area contributed by atoms with Gasteiger partial charge in [-0.25, -0.2) is 0 Å². The van der Waals surface area contributed by atoms with Gasteiger partial charge in [0.2, 0.25) is 0 Å². The summed E-state index contributed by atoms with van der Waals surface area (Å²) in [5.74, 6) is 1.29. The second-order valence-electron chi connectivity index (χ2n) is 8.53. The lowest BCUT2D eigenvalue weighted by Crippen LogP contribution is -2.46. The van der Waals surface area contributed by atoms with Gasteiger partial charge in [0.15, 0.2) is 18.2 Å². The van der Waals surface area contributed by atoms with E-state index in [1.54, 1.807) is 19.3 Å². The van der Waals surface area contributed by atoms with Crippen LogP contribution in [0.3, 0.4) is 0 Å². The molecule has 2 aliphatic carbocycles. The highest BCUT2D eigenvalue weighted by atomic mass is 16.5. The Labute approximate surface area is 166 Å². The predicted octanol–water partition coefficient (Wildman–Crippen LogP) is 3.73. The van der Waals surface area contributed by atoms with Gasteiger partial charge in [-0.05, 0) is 66.7 Å². The maximum Gasteiger partial charge on any atom is 0.183 e. The molecule has 1 aliphatic heterocycles. The van der Waals surface area contributed by atoms with Crippen LogP contribution in [0.2, 0.25) is 0 Å². The Balaban J connectivity index is 1.59. The zero-order valence-corrected chi connectivity index (χ0v) is 16.3. The van der Waals surface area contributed by atoms with Crippen LogP contribution in [-0.4, -0.2) is 17.2 Å². The highest BCUT2D eigenvalue weighted by Crippen LogP contribution is 2.53. The van der Waals surface area contributed by atoms with Crippen LogP contribution in [0.4, 0.5) is 0 Å². The van der Waals surface area contributed by atoms with Crippen LogP contribution in [0.5, 0.6) is 0 Å². The molecule has 3 aliphatic rings. The van der Waals surface area contributed by atoms with E-state index in [0.29, 0.717) is 17.9 Å². The largest absolute Gasteiger partial charge is 0.619 e. The molecule has 0 N–H and O–H groups in total. The number of Topliss-reactive ketones (excluding diaryl/α,β-unsaturated/α-hetero) is 1.